The van der Waals surface area contributed by atoms with E-state index in [-0.39, 0.29) is 11.3 Å². The molecule has 0 spiro atoms. The van der Waals surface area contributed by atoms with Gasteiger partial charge in [-0.15, -0.1) is 0 Å². The second-order valence-corrected chi connectivity index (χ2v) is 5.32. The molecule has 3 nitrogen and oxygen atoms in total. The molecule has 1 aromatic heterocycles. The topological polar surface area (TPSA) is 47.3 Å². The van der Waals surface area contributed by atoms with E-state index in [9.17, 15) is 9.59 Å². The summed E-state index contributed by atoms with van der Waals surface area (Å²) in [5, 5.41) is 0. The van der Waals surface area contributed by atoms with E-state index in [1.807, 2.05) is 33.8 Å². The molecule has 0 aromatic carbocycles. The molecule has 0 bridgehead atoms. The third-order valence-electron chi connectivity index (χ3n) is 3.69. The summed E-state index contributed by atoms with van der Waals surface area (Å²) in [6.07, 6.45) is 9.55. The van der Waals surface area contributed by atoms with Crippen LogP contribution in [-0.4, -0.2) is 5.78 Å². The Labute approximate surface area is 140 Å². The lowest BCUT2D eigenvalue weighted by atomic mass is 9.88. The van der Waals surface area contributed by atoms with Gasteiger partial charge >= 0.3 is 5.63 Å². The molecule has 3 heteroatoms. The lowest BCUT2D eigenvalue weighted by Gasteiger charge is -2.17. The van der Waals surface area contributed by atoms with E-state index in [0.29, 0.717) is 17.2 Å². The molecule has 0 aliphatic heterocycles. The lowest BCUT2D eigenvalue weighted by Crippen LogP contribution is -2.15. The Kier molecular flexibility index (Phi) is 11.0. The van der Waals surface area contributed by atoms with E-state index < -0.39 is 5.63 Å². The van der Waals surface area contributed by atoms with Crippen LogP contribution < -0.4 is 5.63 Å². The zero-order chi connectivity index (χ0) is 17.8. The lowest BCUT2D eigenvalue weighted by molar-refractivity contribution is 0.104. The minimum absolute atomic E-state index is 0.164. The molecular weight excluding hydrogens is 288 g/mol. The number of hydrogen-bond donors (Lipinski definition) is 0. The number of ketones is 1. The molecule has 1 aliphatic carbocycles. The Hall–Kier alpha value is -1.64. The van der Waals surface area contributed by atoms with Crippen molar-refractivity contribution in [2.24, 2.45) is 5.92 Å². The summed E-state index contributed by atoms with van der Waals surface area (Å²) >= 11 is 0. The Morgan fingerprint density at radius 1 is 1.09 bits per heavy atom. The SMILES string of the molecule is CC.CC.Cc1cc(C)c(C(=O)/C=C/C2CCCCC2)c(=O)o1. The van der Waals surface area contributed by atoms with Gasteiger partial charge in [0, 0.05) is 0 Å². The first-order valence-electron chi connectivity index (χ1n) is 8.92. The second kappa shape index (κ2) is 11.9. The highest BCUT2D eigenvalue weighted by atomic mass is 16.4. The number of aryl methyl sites for hydroxylation is 2. The highest BCUT2D eigenvalue weighted by molar-refractivity contribution is 6.05. The highest BCUT2D eigenvalue weighted by Gasteiger charge is 2.15. The van der Waals surface area contributed by atoms with Gasteiger partial charge in [0.2, 0.25) is 0 Å². The summed E-state index contributed by atoms with van der Waals surface area (Å²) in [5.74, 6) is 0.780. The molecule has 1 aliphatic rings. The van der Waals surface area contributed by atoms with Crippen LogP contribution in [0.5, 0.6) is 0 Å². The van der Waals surface area contributed by atoms with Crippen molar-refractivity contribution in [2.75, 3.05) is 0 Å². The van der Waals surface area contributed by atoms with Crippen LogP contribution >= 0.6 is 0 Å². The van der Waals surface area contributed by atoms with Gasteiger partial charge in [-0.25, -0.2) is 4.79 Å². The first-order valence-corrected chi connectivity index (χ1v) is 8.92. The van der Waals surface area contributed by atoms with Gasteiger partial charge in [-0.2, -0.15) is 0 Å². The number of hydrogen-bond acceptors (Lipinski definition) is 3. The molecule has 23 heavy (non-hydrogen) atoms. The first-order chi connectivity index (χ1) is 11.1. The summed E-state index contributed by atoms with van der Waals surface area (Å²) in [5.41, 5.74) is 0.320. The van der Waals surface area contributed by atoms with Gasteiger partial charge in [0.15, 0.2) is 5.78 Å². The quantitative estimate of drug-likeness (QED) is 0.535. The van der Waals surface area contributed by atoms with Gasteiger partial charge in [0.1, 0.15) is 11.3 Å². The van der Waals surface area contributed by atoms with E-state index in [4.69, 9.17) is 4.42 Å². The summed E-state index contributed by atoms with van der Waals surface area (Å²) in [4.78, 5) is 23.8. The zero-order valence-electron chi connectivity index (χ0n) is 15.6. The van der Waals surface area contributed by atoms with Crippen molar-refractivity contribution in [3.63, 3.8) is 0 Å². The van der Waals surface area contributed by atoms with Crippen molar-refractivity contribution in [1.82, 2.24) is 0 Å². The van der Waals surface area contributed by atoms with Crippen LogP contribution in [0, 0.1) is 19.8 Å². The molecule has 1 aromatic rings. The fraction of sp³-hybridized carbons (Fsp3) is 0.600. The van der Waals surface area contributed by atoms with Gasteiger partial charge in [0.25, 0.3) is 0 Å². The second-order valence-electron chi connectivity index (χ2n) is 5.32. The maximum absolute atomic E-state index is 12.1. The summed E-state index contributed by atoms with van der Waals surface area (Å²) in [7, 11) is 0. The predicted molar refractivity (Wildman–Crippen MR) is 97.2 cm³/mol. The molecule has 1 heterocycles. The molecular formula is C20H32O3. The summed E-state index contributed by atoms with van der Waals surface area (Å²) in [6.45, 7) is 11.5. The average Bonchev–Trinajstić information content (AvgIpc) is 2.57. The third kappa shape index (κ3) is 6.98. The molecule has 130 valence electrons. The molecule has 1 saturated carbocycles. The number of carbonyl (C=O) groups is 1. The normalized spacial score (nSPS) is 14.5. The van der Waals surface area contributed by atoms with Crippen molar-refractivity contribution >= 4 is 5.78 Å². The summed E-state index contributed by atoms with van der Waals surface area (Å²) < 4.78 is 4.99. The van der Waals surface area contributed by atoms with E-state index in [1.165, 1.54) is 19.3 Å². The fourth-order valence-electron chi connectivity index (χ4n) is 2.69. The molecule has 1 fully saturated rings. The van der Waals surface area contributed by atoms with Crippen molar-refractivity contribution in [3.8, 4) is 0 Å². The zero-order valence-corrected chi connectivity index (χ0v) is 15.6. The molecule has 0 amide bonds. The van der Waals surface area contributed by atoms with E-state index in [0.717, 1.165) is 12.8 Å². The Bertz CT molecular complexity index is 546. The van der Waals surface area contributed by atoms with Crippen molar-refractivity contribution in [3.05, 3.63) is 45.5 Å². The highest BCUT2D eigenvalue weighted by Crippen LogP contribution is 2.24. The summed E-state index contributed by atoms with van der Waals surface area (Å²) in [6, 6.07) is 1.73. The monoisotopic (exact) mass is 320 g/mol. The molecule has 2 rings (SSSR count). The number of allylic oxidation sites excluding steroid dienone is 2. The number of rotatable bonds is 3. The fourth-order valence-corrected chi connectivity index (χ4v) is 2.69. The molecule has 0 radical (unpaired) electrons. The minimum atomic E-state index is -0.532. The van der Waals surface area contributed by atoms with Crippen LogP contribution in [0.25, 0.3) is 0 Å². The largest absolute Gasteiger partial charge is 0.428 e. The van der Waals surface area contributed by atoms with Crippen molar-refractivity contribution in [2.45, 2.75) is 73.6 Å². The standard InChI is InChI=1S/C16H20O3.2C2H6/c1-11-10-12(2)19-16(18)15(11)14(17)9-8-13-6-4-3-5-7-13;2*1-2/h8-10,13H,3-7H2,1-2H3;2*1-2H3/b9-8+;;. The minimum Gasteiger partial charge on any atom is -0.428 e. The maximum Gasteiger partial charge on any atom is 0.347 e. The van der Waals surface area contributed by atoms with Gasteiger partial charge < -0.3 is 4.42 Å². The van der Waals surface area contributed by atoms with Crippen LogP contribution in [0.1, 0.15) is 81.5 Å². The van der Waals surface area contributed by atoms with Crippen molar-refractivity contribution in [1.29, 1.82) is 0 Å². The van der Waals surface area contributed by atoms with Gasteiger partial charge in [-0.1, -0.05) is 53.0 Å². The van der Waals surface area contributed by atoms with Crippen LogP contribution in [0.3, 0.4) is 0 Å². The third-order valence-corrected chi connectivity index (χ3v) is 3.69. The molecule has 0 saturated heterocycles. The molecule has 0 unspecified atom stereocenters. The van der Waals surface area contributed by atoms with E-state index in [1.54, 1.807) is 26.0 Å². The Morgan fingerprint density at radius 3 is 2.17 bits per heavy atom. The van der Waals surface area contributed by atoms with Gasteiger partial charge in [0.05, 0.1) is 0 Å². The first kappa shape index (κ1) is 21.4. The smallest absolute Gasteiger partial charge is 0.347 e. The van der Waals surface area contributed by atoms with Gasteiger partial charge in [-0.3, -0.25) is 4.79 Å². The maximum atomic E-state index is 12.1. The van der Waals surface area contributed by atoms with Crippen LogP contribution in [0.15, 0.2) is 27.4 Å². The van der Waals surface area contributed by atoms with Crippen molar-refractivity contribution < 1.29 is 9.21 Å². The number of carbonyl (C=O) groups excluding carboxylic acids is 1. The Morgan fingerprint density at radius 2 is 1.65 bits per heavy atom. The molecule has 0 N–H and O–H groups in total. The average molecular weight is 320 g/mol. The van der Waals surface area contributed by atoms with Crippen LogP contribution in [0.4, 0.5) is 0 Å². The van der Waals surface area contributed by atoms with E-state index in [2.05, 4.69) is 0 Å². The van der Waals surface area contributed by atoms with E-state index >= 15 is 0 Å². The van der Waals surface area contributed by atoms with Crippen LogP contribution in [0.2, 0.25) is 0 Å². The Balaban J connectivity index is 0.00000112. The van der Waals surface area contributed by atoms with Gasteiger partial charge in [-0.05, 0) is 50.3 Å². The molecule has 0 atom stereocenters. The predicted octanol–water partition coefficient (Wildman–Crippen LogP) is 5.63. The van der Waals surface area contributed by atoms with Crippen LogP contribution in [-0.2, 0) is 0 Å².